The van der Waals surface area contributed by atoms with Crippen LogP contribution in [0, 0.1) is 5.92 Å². The van der Waals surface area contributed by atoms with Gasteiger partial charge in [-0.15, -0.1) is 0 Å². The molecule has 1 heterocycles. The van der Waals surface area contributed by atoms with Crippen LogP contribution in [0.15, 0.2) is 35.5 Å². The number of rotatable bonds is 8. The summed E-state index contributed by atoms with van der Waals surface area (Å²) in [5, 5.41) is 7.06. The van der Waals surface area contributed by atoms with Gasteiger partial charge in [-0.1, -0.05) is 49.3 Å². The fourth-order valence-corrected chi connectivity index (χ4v) is 2.74. The predicted octanol–water partition coefficient (Wildman–Crippen LogP) is 2.47. The summed E-state index contributed by atoms with van der Waals surface area (Å²) in [6.07, 6.45) is 0.681. The zero-order valence-corrected chi connectivity index (χ0v) is 15.0. The maximum absolute atomic E-state index is 12.4. The topological polar surface area (TPSA) is 77.0 Å². The number of ether oxygens (including phenoxy) is 1. The first-order valence-electron chi connectivity index (χ1n) is 8.72. The number of hydrogen-bond donors (Lipinski definition) is 1. The Morgan fingerprint density at radius 3 is 2.68 bits per heavy atom. The third-order valence-electron chi connectivity index (χ3n) is 3.89. The van der Waals surface area contributed by atoms with E-state index in [4.69, 9.17) is 9.57 Å². The summed E-state index contributed by atoms with van der Waals surface area (Å²) in [4.78, 5) is 29.4. The summed E-state index contributed by atoms with van der Waals surface area (Å²) in [5.74, 6) is -0.120. The lowest BCUT2D eigenvalue weighted by Crippen LogP contribution is -2.42. The van der Waals surface area contributed by atoms with Gasteiger partial charge in [0, 0.05) is 6.42 Å². The number of nitrogens with zero attached hydrogens (tertiary/aromatic N) is 1. The highest BCUT2D eigenvalue weighted by atomic mass is 16.7. The summed E-state index contributed by atoms with van der Waals surface area (Å²) < 4.78 is 4.97. The van der Waals surface area contributed by atoms with Crippen LogP contribution in [-0.2, 0) is 25.6 Å². The molecule has 136 valence electrons. The van der Waals surface area contributed by atoms with Crippen molar-refractivity contribution in [2.75, 3.05) is 6.61 Å². The molecule has 1 N–H and O–H groups in total. The number of hydrogen-bond acceptors (Lipinski definition) is 5. The first-order chi connectivity index (χ1) is 12.0. The second-order valence-electron chi connectivity index (χ2n) is 6.54. The van der Waals surface area contributed by atoms with E-state index < -0.39 is 12.1 Å². The standard InChI is InChI=1S/C19H26N2O4/c1-4-24-19(23)17-12-16(21-25-17)15(10-13(2)3)20-18(22)11-14-8-6-5-7-9-14/h5-9,13,15,17H,4,10-12H2,1-3H3,(H,20,22)/t15-,17?/m0/s1. The van der Waals surface area contributed by atoms with E-state index in [0.29, 0.717) is 31.1 Å². The predicted molar refractivity (Wildman–Crippen MR) is 95.1 cm³/mol. The average molecular weight is 346 g/mol. The first kappa shape index (κ1) is 19.0. The van der Waals surface area contributed by atoms with Gasteiger partial charge < -0.3 is 14.9 Å². The molecule has 2 atom stereocenters. The minimum Gasteiger partial charge on any atom is -0.463 e. The molecule has 0 saturated heterocycles. The summed E-state index contributed by atoms with van der Waals surface area (Å²) >= 11 is 0. The van der Waals surface area contributed by atoms with Crippen LogP contribution in [-0.4, -0.2) is 36.3 Å². The van der Waals surface area contributed by atoms with Crippen LogP contribution >= 0.6 is 0 Å². The number of oxime groups is 1. The highest BCUT2D eigenvalue weighted by Crippen LogP contribution is 2.18. The Hall–Kier alpha value is -2.37. The molecule has 2 rings (SSSR count). The molecule has 0 fully saturated rings. The van der Waals surface area contributed by atoms with E-state index in [2.05, 4.69) is 24.3 Å². The van der Waals surface area contributed by atoms with Crippen molar-refractivity contribution < 1.29 is 19.2 Å². The molecule has 6 heteroatoms. The van der Waals surface area contributed by atoms with E-state index in [0.717, 1.165) is 12.0 Å². The minimum atomic E-state index is -0.712. The lowest BCUT2D eigenvalue weighted by Gasteiger charge is -2.20. The molecule has 0 aromatic heterocycles. The van der Waals surface area contributed by atoms with Gasteiger partial charge in [0.2, 0.25) is 12.0 Å². The lowest BCUT2D eigenvalue weighted by atomic mass is 9.96. The Labute approximate surface area is 148 Å². The van der Waals surface area contributed by atoms with Crippen molar-refractivity contribution in [3.63, 3.8) is 0 Å². The summed E-state index contributed by atoms with van der Waals surface area (Å²) in [5.41, 5.74) is 1.64. The van der Waals surface area contributed by atoms with Crippen molar-refractivity contribution in [2.45, 2.75) is 52.2 Å². The second kappa shape index (κ2) is 9.20. The SMILES string of the molecule is CCOC(=O)C1CC([C@H](CC(C)C)NC(=O)Cc2ccccc2)=NO1. The molecular formula is C19H26N2O4. The summed E-state index contributed by atoms with van der Waals surface area (Å²) in [7, 11) is 0. The van der Waals surface area contributed by atoms with Crippen LogP contribution < -0.4 is 5.32 Å². The summed E-state index contributed by atoms with van der Waals surface area (Å²) in [6, 6.07) is 9.34. The van der Waals surface area contributed by atoms with Crippen LogP contribution in [0.4, 0.5) is 0 Å². The van der Waals surface area contributed by atoms with Gasteiger partial charge in [-0.3, -0.25) is 4.79 Å². The molecule has 0 saturated carbocycles. The monoisotopic (exact) mass is 346 g/mol. The quantitative estimate of drug-likeness (QED) is 0.734. The second-order valence-corrected chi connectivity index (χ2v) is 6.54. The van der Waals surface area contributed by atoms with E-state index in [1.54, 1.807) is 6.92 Å². The zero-order valence-electron chi connectivity index (χ0n) is 15.0. The van der Waals surface area contributed by atoms with Crippen molar-refractivity contribution in [3.05, 3.63) is 35.9 Å². The Balaban J connectivity index is 1.97. The third kappa shape index (κ3) is 5.89. The van der Waals surface area contributed by atoms with Gasteiger partial charge in [0.15, 0.2) is 0 Å². The van der Waals surface area contributed by atoms with Crippen molar-refractivity contribution in [2.24, 2.45) is 11.1 Å². The molecular weight excluding hydrogens is 320 g/mol. The van der Waals surface area contributed by atoms with Gasteiger partial charge in [-0.05, 0) is 24.8 Å². The number of esters is 1. The Morgan fingerprint density at radius 2 is 2.04 bits per heavy atom. The van der Waals surface area contributed by atoms with Crippen LogP contribution in [0.3, 0.4) is 0 Å². The third-order valence-corrected chi connectivity index (χ3v) is 3.89. The van der Waals surface area contributed by atoms with Gasteiger partial charge in [0.1, 0.15) is 0 Å². The van der Waals surface area contributed by atoms with E-state index in [1.165, 1.54) is 0 Å². The van der Waals surface area contributed by atoms with E-state index >= 15 is 0 Å². The number of amides is 1. The molecule has 1 unspecified atom stereocenters. The molecule has 0 bridgehead atoms. The largest absolute Gasteiger partial charge is 0.463 e. The van der Waals surface area contributed by atoms with E-state index in [-0.39, 0.29) is 11.9 Å². The van der Waals surface area contributed by atoms with Crippen LogP contribution in [0.2, 0.25) is 0 Å². The Kier molecular flexibility index (Phi) is 6.98. The fourth-order valence-electron chi connectivity index (χ4n) is 2.74. The molecule has 1 aliphatic rings. The molecule has 1 aromatic rings. The van der Waals surface area contributed by atoms with Gasteiger partial charge in [-0.25, -0.2) is 4.79 Å². The molecule has 1 amide bonds. The highest BCUT2D eigenvalue weighted by Gasteiger charge is 2.33. The van der Waals surface area contributed by atoms with Gasteiger partial charge in [0.25, 0.3) is 0 Å². The van der Waals surface area contributed by atoms with Crippen LogP contribution in [0.1, 0.15) is 39.2 Å². The normalized spacial score (nSPS) is 17.6. The molecule has 1 aliphatic heterocycles. The minimum absolute atomic E-state index is 0.0702. The Morgan fingerprint density at radius 1 is 1.32 bits per heavy atom. The maximum atomic E-state index is 12.4. The first-order valence-corrected chi connectivity index (χ1v) is 8.72. The van der Waals surface area contributed by atoms with Crippen molar-refractivity contribution in [1.82, 2.24) is 5.32 Å². The fraction of sp³-hybridized carbons (Fsp3) is 0.526. The molecule has 0 spiro atoms. The van der Waals surface area contributed by atoms with Gasteiger partial charge in [0.05, 0.1) is 24.8 Å². The highest BCUT2D eigenvalue weighted by molar-refractivity contribution is 5.97. The zero-order chi connectivity index (χ0) is 18.2. The number of nitrogens with one attached hydrogen (secondary N) is 1. The van der Waals surface area contributed by atoms with Crippen molar-refractivity contribution in [3.8, 4) is 0 Å². The lowest BCUT2D eigenvalue weighted by molar-refractivity contribution is -0.154. The van der Waals surface area contributed by atoms with E-state index in [1.807, 2.05) is 30.3 Å². The van der Waals surface area contributed by atoms with Crippen molar-refractivity contribution in [1.29, 1.82) is 0 Å². The smallest absolute Gasteiger partial charge is 0.350 e. The molecule has 0 aliphatic carbocycles. The molecule has 1 aromatic carbocycles. The van der Waals surface area contributed by atoms with Crippen LogP contribution in [0.25, 0.3) is 0 Å². The van der Waals surface area contributed by atoms with E-state index in [9.17, 15) is 9.59 Å². The maximum Gasteiger partial charge on any atom is 0.350 e. The summed E-state index contributed by atoms with van der Waals surface area (Å²) in [6.45, 7) is 6.21. The molecule has 6 nitrogen and oxygen atoms in total. The Bertz CT molecular complexity index is 613. The number of carbonyl (C=O) groups is 2. The average Bonchev–Trinajstić information content (AvgIpc) is 3.05. The van der Waals surface area contributed by atoms with Crippen LogP contribution in [0.5, 0.6) is 0 Å². The van der Waals surface area contributed by atoms with Gasteiger partial charge in [-0.2, -0.15) is 0 Å². The van der Waals surface area contributed by atoms with Crippen molar-refractivity contribution >= 4 is 17.6 Å². The molecule has 25 heavy (non-hydrogen) atoms. The number of benzene rings is 1. The molecule has 0 radical (unpaired) electrons. The number of carbonyl (C=O) groups excluding carboxylic acids is 2. The van der Waals surface area contributed by atoms with Gasteiger partial charge >= 0.3 is 5.97 Å².